The second kappa shape index (κ2) is 6.58. The molecular formula is C15H15F4NS. The Balaban J connectivity index is 2.16. The van der Waals surface area contributed by atoms with E-state index in [0.29, 0.717) is 6.07 Å². The molecular weight excluding hydrogens is 302 g/mol. The number of rotatable bonds is 5. The minimum atomic E-state index is -4.55. The van der Waals surface area contributed by atoms with Gasteiger partial charge in [0.05, 0.1) is 5.56 Å². The molecule has 1 heterocycles. The van der Waals surface area contributed by atoms with Gasteiger partial charge in [-0.25, -0.2) is 4.39 Å². The van der Waals surface area contributed by atoms with Crippen LogP contribution in [0.5, 0.6) is 0 Å². The van der Waals surface area contributed by atoms with Crippen molar-refractivity contribution >= 4 is 11.3 Å². The fourth-order valence-corrected chi connectivity index (χ4v) is 3.02. The van der Waals surface area contributed by atoms with Gasteiger partial charge in [0, 0.05) is 17.5 Å². The molecule has 114 valence electrons. The van der Waals surface area contributed by atoms with E-state index in [1.807, 2.05) is 24.4 Å². The molecule has 0 radical (unpaired) electrons. The monoisotopic (exact) mass is 317 g/mol. The lowest BCUT2D eigenvalue weighted by molar-refractivity contribution is -0.138. The highest BCUT2D eigenvalue weighted by Gasteiger charge is 2.33. The molecule has 1 aromatic heterocycles. The molecule has 0 aliphatic heterocycles. The molecule has 1 atom stereocenters. The number of hydrogen-bond donors (Lipinski definition) is 1. The number of thiophene rings is 1. The van der Waals surface area contributed by atoms with Gasteiger partial charge in [-0.05, 0) is 35.6 Å². The SMILES string of the molecule is CCC(NCc1ccc(F)cc1C(F)(F)F)c1cccs1. The first-order chi connectivity index (χ1) is 9.91. The predicted molar refractivity (Wildman–Crippen MR) is 75.6 cm³/mol. The van der Waals surface area contributed by atoms with E-state index in [4.69, 9.17) is 0 Å². The quantitative estimate of drug-likeness (QED) is 0.752. The second-order valence-corrected chi connectivity index (χ2v) is 5.64. The molecule has 0 aliphatic rings. The highest BCUT2D eigenvalue weighted by atomic mass is 32.1. The zero-order chi connectivity index (χ0) is 15.5. The Morgan fingerprint density at radius 3 is 2.57 bits per heavy atom. The summed E-state index contributed by atoms with van der Waals surface area (Å²) in [7, 11) is 0. The van der Waals surface area contributed by atoms with Crippen LogP contribution in [0.1, 0.15) is 35.4 Å². The van der Waals surface area contributed by atoms with E-state index >= 15 is 0 Å². The third-order valence-corrected chi connectivity index (χ3v) is 4.20. The number of halogens is 4. The molecule has 21 heavy (non-hydrogen) atoms. The Hall–Kier alpha value is -1.40. The first kappa shape index (κ1) is 16.0. The molecule has 1 aromatic carbocycles. The van der Waals surface area contributed by atoms with Crippen LogP contribution in [0.15, 0.2) is 35.7 Å². The van der Waals surface area contributed by atoms with Crippen LogP contribution in [0.2, 0.25) is 0 Å². The highest BCUT2D eigenvalue weighted by molar-refractivity contribution is 7.10. The topological polar surface area (TPSA) is 12.0 Å². The maximum absolute atomic E-state index is 13.0. The summed E-state index contributed by atoms with van der Waals surface area (Å²) in [5, 5.41) is 5.04. The average Bonchev–Trinajstić information content (AvgIpc) is 2.94. The molecule has 0 saturated heterocycles. The number of nitrogens with one attached hydrogen (secondary N) is 1. The van der Waals surface area contributed by atoms with Gasteiger partial charge in [-0.2, -0.15) is 13.2 Å². The molecule has 1 N–H and O–H groups in total. The third-order valence-electron chi connectivity index (χ3n) is 3.21. The smallest absolute Gasteiger partial charge is 0.305 e. The maximum atomic E-state index is 13.0. The van der Waals surface area contributed by atoms with Gasteiger partial charge in [0.25, 0.3) is 0 Å². The van der Waals surface area contributed by atoms with Crippen LogP contribution in [0, 0.1) is 5.82 Å². The summed E-state index contributed by atoms with van der Waals surface area (Å²) in [6.07, 6.45) is -3.78. The van der Waals surface area contributed by atoms with Crippen LogP contribution < -0.4 is 5.32 Å². The molecule has 6 heteroatoms. The largest absolute Gasteiger partial charge is 0.416 e. The van der Waals surface area contributed by atoms with Gasteiger partial charge in [0.2, 0.25) is 0 Å². The summed E-state index contributed by atoms with van der Waals surface area (Å²) in [6.45, 7) is 2.01. The molecule has 2 rings (SSSR count). The number of benzene rings is 1. The molecule has 1 nitrogen and oxygen atoms in total. The van der Waals surface area contributed by atoms with Gasteiger partial charge in [-0.3, -0.25) is 0 Å². The molecule has 0 saturated carbocycles. The van der Waals surface area contributed by atoms with Crippen molar-refractivity contribution in [2.75, 3.05) is 0 Å². The summed E-state index contributed by atoms with van der Waals surface area (Å²) >= 11 is 1.56. The third kappa shape index (κ3) is 4.04. The first-order valence-corrected chi connectivity index (χ1v) is 7.42. The van der Waals surface area contributed by atoms with Crippen molar-refractivity contribution in [2.24, 2.45) is 0 Å². The van der Waals surface area contributed by atoms with Crippen molar-refractivity contribution in [3.63, 3.8) is 0 Å². The fourth-order valence-electron chi connectivity index (χ4n) is 2.14. The molecule has 0 aliphatic carbocycles. The van der Waals surface area contributed by atoms with Crippen LogP contribution in [0.3, 0.4) is 0 Å². The van der Waals surface area contributed by atoms with Crippen molar-refractivity contribution in [3.8, 4) is 0 Å². The van der Waals surface area contributed by atoms with Gasteiger partial charge in [-0.1, -0.05) is 19.1 Å². The Kier molecular flexibility index (Phi) is 5.00. The summed E-state index contributed by atoms with van der Waals surface area (Å²) in [5.41, 5.74) is -0.866. The molecule has 1 unspecified atom stereocenters. The van der Waals surface area contributed by atoms with Gasteiger partial charge >= 0.3 is 6.18 Å². The van der Waals surface area contributed by atoms with Crippen LogP contribution in [-0.4, -0.2) is 0 Å². The second-order valence-electron chi connectivity index (χ2n) is 4.66. The fraction of sp³-hybridized carbons (Fsp3) is 0.333. The highest BCUT2D eigenvalue weighted by Crippen LogP contribution is 2.33. The van der Waals surface area contributed by atoms with E-state index in [9.17, 15) is 17.6 Å². The van der Waals surface area contributed by atoms with E-state index in [2.05, 4.69) is 5.32 Å². The Morgan fingerprint density at radius 1 is 1.24 bits per heavy atom. The summed E-state index contributed by atoms with van der Waals surface area (Å²) in [4.78, 5) is 1.08. The van der Waals surface area contributed by atoms with Crippen molar-refractivity contribution in [3.05, 3.63) is 57.5 Å². The standard InChI is InChI=1S/C15H15F4NS/c1-2-13(14-4-3-7-21-14)20-9-10-5-6-11(16)8-12(10)15(17,18)19/h3-8,13,20H,2,9H2,1H3. The summed E-state index contributed by atoms with van der Waals surface area (Å²) in [5.74, 6) is -0.878. The maximum Gasteiger partial charge on any atom is 0.416 e. The van der Waals surface area contributed by atoms with Gasteiger partial charge in [0.1, 0.15) is 5.82 Å². The molecule has 0 amide bonds. The first-order valence-electron chi connectivity index (χ1n) is 6.54. The van der Waals surface area contributed by atoms with E-state index in [1.165, 1.54) is 6.07 Å². The van der Waals surface area contributed by atoms with Crippen LogP contribution in [-0.2, 0) is 12.7 Å². The van der Waals surface area contributed by atoms with Crippen LogP contribution >= 0.6 is 11.3 Å². The normalized spacial score (nSPS) is 13.4. The van der Waals surface area contributed by atoms with Gasteiger partial charge in [-0.15, -0.1) is 11.3 Å². The lowest BCUT2D eigenvalue weighted by atomic mass is 10.1. The van der Waals surface area contributed by atoms with Crippen molar-refractivity contribution in [1.29, 1.82) is 0 Å². The van der Waals surface area contributed by atoms with Crippen molar-refractivity contribution < 1.29 is 17.6 Å². The Bertz CT molecular complexity index is 578. The number of hydrogen-bond acceptors (Lipinski definition) is 2. The summed E-state index contributed by atoms with van der Waals surface area (Å²) < 4.78 is 51.8. The zero-order valence-corrected chi connectivity index (χ0v) is 12.2. The number of alkyl halides is 3. The lowest BCUT2D eigenvalue weighted by Gasteiger charge is -2.18. The van der Waals surface area contributed by atoms with Gasteiger partial charge < -0.3 is 5.32 Å². The Labute approximate surface area is 124 Å². The Morgan fingerprint density at radius 2 is 2.00 bits per heavy atom. The van der Waals surface area contributed by atoms with E-state index < -0.39 is 17.6 Å². The minimum absolute atomic E-state index is 0.00358. The van der Waals surface area contributed by atoms with Crippen molar-refractivity contribution in [1.82, 2.24) is 5.32 Å². The summed E-state index contributed by atoms with van der Waals surface area (Å²) in [6, 6.07) is 6.63. The van der Waals surface area contributed by atoms with Crippen molar-refractivity contribution in [2.45, 2.75) is 32.1 Å². The van der Waals surface area contributed by atoms with Gasteiger partial charge in [0.15, 0.2) is 0 Å². The molecule has 0 spiro atoms. The van der Waals surface area contributed by atoms with E-state index in [-0.39, 0.29) is 18.2 Å². The van der Waals surface area contributed by atoms with E-state index in [1.54, 1.807) is 11.3 Å². The molecule has 0 bridgehead atoms. The van der Waals surface area contributed by atoms with E-state index in [0.717, 1.165) is 17.4 Å². The average molecular weight is 317 g/mol. The zero-order valence-electron chi connectivity index (χ0n) is 11.4. The molecule has 0 fully saturated rings. The lowest BCUT2D eigenvalue weighted by Crippen LogP contribution is -2.22. The minimum Gasteiger partial charge on any atom is -0.305 e. The van der Waals surface area contributed by atoms with Crippen LogP contribution in [0.25, 0.3) is 0 Å². The molecule has 2 aromatic rings. The predicted octanol–water partition coefficient (Wildman–Crippen LogP) is 5.15. The van der Waals surface area contributed by atoms with Crippen LogP contribution in [0.4, 0.5) is 17.6 Å².